The number of amides is 1. The fourth-order valence-corrected chi connectivity index (χ4v) is 3.32. The summed E-state index contributed by atoms with van der Waals surface area (Å²) in [4.78, 5) is 28.6. The van der Waals surface area contributed by atoms with E-state index in [0.717, 1.165) is 12.8 Å². The Labute approximate surface area is 150 Å². The predicted molar refractivity (Wildman–Crippen MR) is 88.6 cm³/mol. The first-order valence-corrected chi connectivity index (χ1v) is 8.67. The number of hydrogen-bond donors (Lipinski definition) is 0. The number of piperidine rings is 2. The summed E-state index contributed by atoms with van der Waals surface area (Å²) in [5, 5.41) is 0. The van der Waals surface area contributed by atoms with Crippen LogP contribution in [-0.2, 0) is 4.79 Å². The quantitative estimate of drug-likeness (QED) is 0.791. The Morgan fingerprint density at radius 2 is 1.69 bits per heavy atom. The van der Waals surface area contributed by atoms with Crippen molar-refractivity contribution in [2.45, 2.75) is 31.6 Å². The lowest BCUT2D eigenvalue weighted by Crippen LogP contribution is -2.49. The van der Waals surface area contributed by atoms with Crippen molar-refractivity contribution < 1.29 is 23.0 Å². The van der Waals surface area contributed by atoms with E-state index in [1.807, 2.05) is 4.90 Å². The molecule has 0 aliphatic carbocycles. The van der Waals surface area contributed by atoms with Gasteiger partial charge in [-0.25, -0.2) is 8.78 Å². The summed E-state index contributed by atoms with van der Waals surface area (Å²) in [7, 11) is 2.90. The van der Waals surface area contributed by atoms with Crippen molar-refractivity contribution in [3.63, 3.8) is 0 Å². The molecule has 2 aliphatic rings. The van der Waals surface area contributed by atoms with Gasteiger partial charge in [0.2, 0.25) is 11.9 Å². The first-order chi connectivity index (χ1) is 12.4. The Balaban J connectivity index is 1.68. The smallest absolute Gasteiger partial charge is 0.324 e. The van der Waals surface area contributed by atoms with Crippen LogP contribution in [0.3, 0.4) is 0 Å². The summed E-state index contributed by atoms with van der Waals surface area (Å²) in [6.07, 6.45) is 0.979. The number of carbonyl (C=O) groups is 1. The maximum atomic E-state index is 13.3. The maximum Gasteiger partial charge on any atom is 0.324 e. The van der Waals surface area contributed by atoms with Gasteiger partial charge in [-0.1, -0.05) is 0 Å². The van der Waals surface area contributed by atoms with E-state index < -0.39 is 5.92 Å². The first kappa shape index (κ1) is 18.5. The second-order valence-electron chi connectivity index (χ2n) is 6.58. The molecule has 2 saturated heterocycles. The third-order valence-corrected chi connectivity index (χ3v) is 4.81. The average molecular weight is 371 g/mol. The van der Waals surface area contributed by atoms with Crippen LogP contribution in [0.15, 0.2) is 0 Å². The van der Waals surface area contributed by atoms with Crippen LogP contribution in [0.1, 0.15) is 25.7 Å². The molecule has 2 aliphatic heterocycles. The fraction of sp³-hybridized carbons (Fsp3) is 0.750. The third kappa shape index (κ3) is 4.10. The van der Waals surface area contributed by atoms with Crippen LogP contribution in [0.25, 0.3) is 0 Å². The number of alkyl halides is 2. The van der Waals surface area contributed by atoms with Gasteiger partial charge >= 0.3 is 12.0 Å². The molecular formula is C16H23F2N5O3. The maximum absolute atomic E-state index is 13.3. The SMILES string of the molecule is COc1nc(OC)nc(N2CCCC(C(=O)N3CCC(F)(F)CC3)C2)n1. The van der Waals surface area contributed by atoms with Crippen LogP contribution in [-0.4, -0.2) is 72.1 Å². The standard InChI is InChI=1S/C16H23F2N5O3/c1-25-14-19-13(20-15(21-14)26-2)23-7-3-4-11(10-23)12(24)22-8-5-16(17,18)6-9-22/h11H,3-10H2,1-2H3. The lowest BCUT2D eigenvalue weighted by molar-refractivity contribution is -0.141. The Bertz CT molecular complexity index is 629. The number of ether oxygens (including phenoxy) is 2. The summed E-state index contributed by atoms with van der Waals surface area (Å²) in [6.45, 7) is 1.34. The molecule has 0 spiro atoms. The van der Waals surface area contributed by atoms with Crippen LogP contribution in [0.2, 0.25) is 0 Å². The number of likely N-dealkylation sites (tertiary alicyclic amines) is 1. The largest absolute Gasteiger partial charge is 0.467 e. The van der Waals surface area contributed by atoms with E-state index in [2.05, 4.69) is 15.0 Å². The van der Waals surface area contributed by atoms with Crippen molar-refractivity contribution in [1.82, 2.24) is 19.9 Å². The summed E-state index contributed by atoms with van der Waals surface area (Å²) >= 11 is 0. The van der Waals surface area contributed by atoms with Crippen molar-refractivity contribution in [1.29, 1.82) is 0 Å². The van der Waals surface area contributed by atoms with E-state index in [-0.39, 0.29) is 49.8 Å². The minimum atomic E-state index is -2.66. The number of aromatic nitrogens is 3. The normalized spacial score (nSPS) is 22.8. The molecule has 26 heavy (non-hydrogen) atoms. The van der Waals surface area contributed by atoms with Crippen LogP contribution in [0.5, 0.6) is 12.0 Å². The topological polar surface area (TPSA) is 80.7 Å². The number of nitrogens with zero attached hydrogens (tertiary/aromatic N) is 5. The fourth-order valence-electron chi connectivity index (χ4n) is 3.32. The third-order valence-electron chi connectivity index (χ3n) is 4.81. The second kappa shape index (κ2) is 7.55. The molecule has 3 rings (SSSR count). The van der Waals surface area contributed by atoms with Gasteiger partial charge in [0.1, 0.15) is 0 Å². The molecule has 0 N–H and O–H groups in total. The second-order valence-corrected chi connectivity index (χ2v) is 6.58. The lowest BCUT2D eigenvalue weighted by Gasteiger charge is -2.37. The lowest BCUT2D eigenvalue weighted by atomic mass is 9.95. The van der Waals surface area contributed by atoms with Gasteiger partial charge in [-0.05, 0) is 12.8 Å². The van der Waals surface area contributed by atoms with Crippen LogP contribution in [0, 0.1) is 5.92 Å². The van der Waals surface area contributed by atoms with E-state index in [1.165, 1.54) is 14.2 Å². The molecule has 10 heteroatoms. The highest BCUT2D eigenvalue weighted by atomic mass is 19.3. The van der Waals surface area contributed by atoms with Gasteiger partial charge < -0.3 is 19.3 Å². The summed E-state index contributed by atoms with van der Waals surface area (Å²) in [5.74, 6) is -2.60. The molecule has 8 nitrogen and oxygen atoms in total. The van der Waals surface area contributed by atoms with Crippen molar-refractivity contribution in [3.05, 3.63) is 0 Å². The minimum Gasteiger partial charge on any atom is -0.467 e. The first-order valence-electron chi connectivity index (χ1n) is 8.67. The van der Waals surface area contributed by atoms with Crippen molar-refractivity contribution in [2.75, 3.05) is 45.3 Å². The van der Waals surface area contributed by atoms with E-state index in [1.54, 1.807) is 4.90 Å². The van der Waals surface area contributed by atoms with E-state index in [0.29, 0.717) is 19.0 Å². The number of anilines is 1. The van der Waals surface area contributed by atoms with Gasteiger partial charge in [0.05, 0.1) is 20.1 Å². The number of rotatable bonds is 4. The Hall–Kier alpha value is -2.26. The van der Waals surface area contributed by atoms with Gasteiger partial charge in [-0.3, -0.25) is 4.79 Å². The zero-order valence-electron chi connectivity index (χ0n) is 15.0. The molecule has 2 fully saturated rings. The van der Waals surface area contributed by atoms with Crippen LogP contribution < -0.4 is 14.4 Å². The molecule has 144 valence electrons. The Kier molecular flexibility index (Phi) is 5.38. The molecule has 1 aromatic heterocycles. The molecule has 0 aromatic carbocycles. The highest BCUT2D eigenvalue weighted by Gasteiger charge is 2.38. The summed E-state index contributed by atoms with van der Waals surface area (Å²) < 4.78 is 36.8. The molecule has 1 aromatic rings. The molecule has 0 radical (unpaired) electrons. The molecule has 1 amide bonds. The zero-order valence-corrected chi connectivity index (χ0v) is 15.0. The van der Waals surface area contributed by atoms with Gasteiger partial charge in [0, 0.05) is 39.0 Å². The average Bonchev–Trinajstić information content (AvgIpc) is 2.67. The minimum absolute atomic E-state index is 0.0711. The summed E-state index contributed by atoms with van der Waals surface area (Å²) in [5.41, 5.74) is 0. The molecule has 0 bridgehead atoms. The zero-order chi connectivity index (χ0) is 18.7. The van der Waals surface area contributed by atoms with Crippen molar-refractivity contribution in [2.24, 2.45) is 5.92 Å². The number of halogens is 2. The predicted octanol–water partition coefficient (Wildman–Crippen LogP) is 1.36. The highest BCUT2D eigenvalue weighted by molar-refractivity contribution is 5.79. The van der Waals surface area contributed by atoms with Gasteiger partial charge in [0.15, 0.2) is 0 Å². The molecule has 3 heterocycles. The van der Waals surface area contributed by atoms with Gasteiger partial charge in [0.25, 0.3) is 5.92 Å². The summed E-state index contributed by atoms with van der Waals surface area (Å²) in [6, 6.07) is 0.275. The number of carbonyl (C=O) groups excluding carboxylic acids is 1. The Morgan fingerprint density at radius 3 is 2.27 bits per heavy atom. The molecular weight excluding hydrogens is 348 g/mol. The Morgan fingerprint density at radius 1 is 1.08 bits per heavy atom. The molecule has 1 atom stereocenters. The van der Waals surface area contributed by atoms with E-state index in [4.69, 9.17) is 9.47 Å². The highest BCUT2D eigenvalue weighted by Crippen LogP contribution is 2.30. The van der Waals surface area contributed by atoms with Crippen molar-refractivity contribution in [3.8, 4) is 12.0 Å². The van der Waals surface area contributed by atoms with E-state index in [9.17, 15) is 13.6 Å². The van der Waals surface area contributed by atoms with Crippen LogP contribution in [0.4, 0.5) is 14.7 Å². The van der Waals surface area contributed by atoms with E-state index >= 15 is 0 Å². The van der Waals surface area contributed by atoms with Gasteiger partial charge in [-0.15, -0.1) is 4.98 Å². The van der Waals surface area contributed by atoms with Crippen molar-refractivity contribution >= 4 is 11.9 Å². The molecule has 0 saturated carbocycles. The van der Waals surface area contributed by atoms with Crippen LogP contribution >= 0.6 is 0 Å². The molecule has 1 unspecified atom stereocenters. The number of methoxy groups -OCH3 is 2. The monoisotopic (exact) mass is 371 g/mol. The number of hydrogen-bond acceptors (Lipinski definition) is 7. The van der Waals surface area contributed by atoms with Gasteiger partial charge in [-0.2, -0.15) is 9.97 Å².